The van der Waals surface area contributed by atoms with Crippen LogP contribution in [0.25, 0.3) is 0 Å². The molecule has 0 amide bonds. The maximum Gasteiger partial charge on any atom is 0.0158 e. The van der Waals surface area contributed by atoms with E-state index in [0.29, 0.717) is 18.0 Å². The topological polar surface area (TPSA) is 15.3 Å². The van der Waals surface area contributed by atoms with Gasteiger partial charge in [0.1, 0.15) is 0 Å². The summed E-state index contributed by atoms with van der Waals surface area (Å²) in [7, 11) is 2.25. The average Bonchev–Trinajstić information content (AvgIpc) is 2.22. The van der Waals surface area contributed by atoms with E-state index in [9.17, 15) is 0 Å². The van der Waals surface area contributed by atoms with Crippen LogP contribution >= 0.6 is 0 Å². The van der Waals surface area contributed by atoms with E-state index >= 15 is 0 Å². The zero-order valence-electron chi connectivity index (χ0n) is 15.1. The summed E-state index contributed by atoms with van der Waals surface area (Å²) in [5.41, 5.74) is 0.445. The van der Waals surface area contributed by atoms with Gasteiger partial charge in [0.2, 0.25) is 0 Å². The molecule has 0 spiro atoms. The number of nitrogens with one attached hydrogen (secondary N) is 1. The SMILES string of the molecule is CCC(NC(C)C)C(C)CC(C)(C)N(C)C(C)(C)C. The van der Waals surface area contributed by atoms with E-state index in [1.54, 1.807) is 0 Å². The molecule has 2 heteroatoms. The van der Waals surface area contributed by atoms with Gasteiger partial charge in [-0.25, -0.2) is 0 Å². The van der Waals surface area contributed by atoms with Crippen LogP contribution in [0, 0.1) is 5.92 Å². The molecule has 0 saturated heterocycles. The molecule has 0 aromatic carbocycles. The molecule has 0 aromatic heterocycles. The molecule has 2 atom stereocenters. The van der Waals surface area contributed by atoms with E-state index in [2.05, 4.69) is 79.6 Å². The van der Waals surface area contributed by atoms with Gasteiger partial charge in [-0.2, -0.15) is 0 Å². The van der Waals surface area contributed by atoms with Gasteiger partial charge in [-0.1, -0.05) is 27.7 Å². The fraction of sp³-hybridized carbons (Fsp3) is 1.00. The second kappa shape index (κ2) is 7.08. The normalized spacial score (nSPS) is 17.1. The third-order valence-electron chi connectivity index (χ3n) is 4.41. The molecular weight excluding hydrogens is 232 g/mol. The van der Waals surface area contributed by atoms with E-state index in [0.717, 1.165) is 0 Å². The van der Waals surface area contributed by atoms with E-state index < -0.39 is 0 Å². The monoisotopic (exact) mass is 270 g/mol. The van der Waals surface area contributed by atoms with Crippen molar-refractivity contribution >= 4 is 0 Å². The van der Waals surface area contributed by atoms with Crippen molar-refractivity contribution in [3.8, 4) is 0 Å². The molecule has 0 aromatic rings. The van der Waals surface area contributed by atoms with Crippen LogP contribution < -0.4 is 5.32 Å². The van der Waals surface area contributed by atoms with E-state index in [-0.39, 0.29) is 11.1 Å². The molecule has 2 nitrogen and oxygen atoms in total. The summed E-state index contributed by atoms with van der Waals surface area (Å²) < 4.78 is 0. The summed E-state index contributed by atoms with van der Waals surface area (Å²) in [4.78, 5) is 2.51. The maximum absolute atomic E-state index is 3.71. The fourth-order valence-electron chi connectivity index (χ4n) is 3.09. The smallest absolute Gasteiger partial charge is 0.0158 e. The molecule has 0 aliphatic carbocycles. The molecule has 1 N–H and O–H groups in total. The molecule has 19 heavy (non-hydrogen) atoms. The first-order chi connectivity index (χ1) is 8.41. The number of rotatable bonds is 7. The summed E-state index contributed by atoms with van der Waals surface area (Å²) in [6, 6.07) is 1.18. The predicted octanol–water partition coefficient (Wildman–Crippen LogP) is 4.30. The van der Waals surface area contributed by atoms with Crippen LogP contribution in [0.2, 0.25) is 0 Å². The van der Waals surface area contributed by atoms with Gasteiger partial charge in [0, 0.05) is 23.2 Å². The first kappa shape index (κ1) is 18.9. The number of nitrogens with zero attached hydrogens (tertiary/aromatic N) is 1. The lowest BCUT2D eigenvalue weighted by molar-refractivity contribution is 0.0355. The predicted molar refractivity (Wildman–Crippen MR) is 87.7 cm³/mol. The van der Waals surface area contributed by atoms with Crippen LogP contribution in [-0.2, 0) is 0 Å². The summed E-state index contributed by atoms with van der Waals surface area (Å²) in [6.45, 7) is 20.8. The molecule has 0 saturated carbocycles. The van der Waals surface area contributed by atoms with Gasteiger partial charge >= 0.3 is 0 Å². The minimum absolute atomic E-state index is 0.219. The molecular formula is C17H38N2. The average molecular weight is 271 g/mol. The Bertz CT molecular complexity index is 250. The lowest BCUT2D eigenvalue weighted by Gasteiger charge is -2.46. The lowest BCUT2D eigenvalue weighted by Crippen LogP contribution is -2.53. The Kier molecular flexibility index (Phi) is 7.05. The van der Waals surface area contributed by atoms with Crippen molar-refractivity contribution in [3.05, 3.63) is 0 Å². The van der Waals surface area contributed by atoms with E-state index in [1.165, 1.54) is 12.8 Å². The Hall–Kier alpha value is -0.0800. The molecule has 0 aliphatic rings. The van der Waals surface area contributed by atoms with Gasteiger partial charge in [-0.15, -0.1) is 0 Å². The largest absolute Gasteiger partial charge is 0.312 e. The van der Waals surface area contributed by atoms with Crippen molar-refractivity contribution in [2.75, 3.05) is 7.05 Å². The highest BCUT2D eigenvalue weighted by Crippen LogP contribution is 2.30. The molecule has 0 aliphatic heterocycles. The van der Waals surface area contributed by atoms with Gasteiger partial charge < -0.3 is 5.32 Å². The molecule has 0 heterocycles. The molecule has 0 bridgehead atoms. The van der Waals surface area contributed by atoms with Crippen LogP contribution in [0.4, 0.5) is 0 Å². The van der Waals surface area contributed by atoms with Gasteiger partial charge in [0.25, 0.3) is 0 Å². The Morgan fingerprint density at radius 3 is 1.79 bits per heavy atom. The quantitative estimate of drug-likeness (QED) is 0.742. The number of hydrogen-bond donors (Lipinski definition) is 1. The van der Waals surface area contributed by atoms with E-state index in [4.69, 9.17) is 0 Å². The highest BCUT2D eigenvalue weighted by atomic mass is 15.2. The molecule has 2 unspecified atom stereocenters. The Balaban J connectivity index is 4.72. The summed E-state index contributed by atoms with van der Waals surface area (Å²) in [5.74, 6) is 0.687. The number of hydrogen-bond acceptors (Lipinski definition) is 2. The molecule has 0 fully saturated rings. The van der Waals surface area contributed by atoms with Gasteiger partial charge in [-0.05, 0) is 60.4 Å². The van der Waals surface area contributed by atoms with Crippen molar-refractivity contribution in [2.45, 2.75) is 98.3 Å². The van der Waals surface area contributed by atoms with Crippen molar-refractivity contribution in [1.82, 2.24) is 10.2 Å². The van der Waals surface area contributed by atoms with Crippen LogP contribution in [0.5, 0.6) is 0 Å². The standard InChI is InChI=1S/C17H38N2/c1-11-15(18-13(2)3)14(4)12-17(8,9)19(10)16(5,6)7/h13-15,18H,11-12H2,1-10H3. The summed E-state index contributed by atoms with van der Waals surface area (Å²) in [5, 5.41) is 3.71. The van der Waals surface area contributed by atoms with Gasteiger partial charge in [0.05, 0.1) is 0 Å². The highest BCUT2D eigenvalue weighted by Gasteiger charge is 2.34. The van der Waals surface area contributed by atoms with Crippen molar-refractivity contribution < 1.29 is 0 Å². The second-order valence-corrected chi connectivity index (χ2v) is 8.06. The molecule has 0 rings (SSSR count). The highest BCUT2D eigenvalue weighted by molar-refractivity contribution is 4.90. The van der Waals surface area contributed by atoms with Crippen LogP contribution in [-0.4, -0.2) is 35.1 Å². The Morgan fingerprint density at radius 1 is 1.00 bits per heavy atom. The van der Waals surface area contributed by atoms with Gasteiger partial charge in [0.15, 0.2) is 0 Å². The first-order valence-electron chi connectivity index (χ1n) is 7.91. The summed E-state index contributed by atoms with van der Waals surface area (Å²) >= 11 is 0. The summed E-state index contributed by atoms with van der Waals surface area (Å²) in [6.07, 6.45) is 2.42. The third kappa shape index (κ3) is 6.27. The minimum Gasteiger partial charge on any atom is -0.312 e. The van der Waals surface area contributed by atoms with Gasteiger partial charge in [-0.3, -0.25) is 4.90 Å². The van der Waals surface area contributed by atoms with Crippen LogP contribution in [0.1, 0.15) is 75.2 Å². The molecule has 0 radical (unpaired) electrons. The maximum atomic E-state index is 3.71. The minimum atomic E-state index is 0.219. The third-order valence-corrected chi connectivity index (χ3v) is 4.41. The Labute approximate surface area is 122 Å². The Morgan fingerprint density at radius 2 is 1.47 bits per heavy atom. The van der Waals surface area contributed by atoms with E-state index in [1.807, 2.05) is 0 Å². The second-order valence-electron chi connectivity index (χ2n) is 8.06. The first-order valence-corrected chi connectivity index (χ1v) is 7.91. The van der Waals surface area contributed by atoms with Crippen LogP contribution in [0.3, 0.4) is 0 Å². The molecule has 116 valence electrons. The lowest BCUT2D eigenvalue weighted by atomic mass is 9.83. The van der Waals surface area contributed by atoms with Crippen molar-refractivity contribution in [1.29, 1.82) is 0 Å². The zero-order valence-corrected chi connectivity index (χ0v) is 15.1. The van der Waals surface area contributed by atoms with Crippen LogP contribution in [0.15, 0.2) is 0 Å². The fourth-order valence-corrected chi connectivity index (χ4v) is 3.09. The van der Waals surface area contributed by atoms with Crippen molar-refractivity contribution in [3.63, 3.8) is 0 Å². The van der Waals surface area contributed by atoms with Crippen molar-refractivity contribution in [2.24, 2.45) is 5.92 Å². The zero-order chi connectivity index (χ0) is 15.4.